The molecule has 0 aliphatic rings. The highest BCUT2D eigenvalue weighted by Gasteiger charge is 2.21. The summed E-state index contributed by atoms with van der Waals surface area (Å²) < 4.78 is 3.89. The maximum absolute atomic E-state index is 6.33. The van der Waals surface area contributed by atoms with Crippen LogP contribution in [0.1, 0.15) is 23.2 Å². The van der Waals surface area contributed by atoms with Gasteiger partial charge in [-0.1, -0.05) is 75.9 Å². The van der Waals surface area contributed by atoms with E-state index in [-0.39, 0.29) is 12.1 Å². The van der Waals surface area contributed by atoms with Crippen LogP contribution in [0.5, 0.6) is 0 Å². The van der Waals surface area contributed by atoms with Crippen LogP contribution in [-0.4, -0.2) is 0 Å². The second-order valence-corrected chi connectivity index (χ2v) is 7.92. The monoisotopic (exact) mass is 524 g/mol. The lowest BCUT2D eigenvalue weighted by Gasteiger charge is -2.23. The normalized spacial score (nSPS) is 14.1. The van der Waals surface area contributed by atoms with Crippen LogP contribution < -0.4 is 11.5 Å². The first kappa shape index (κ1) is 16.6. The minimum absolute atomic E-state index is 0.296. The number of hydrogen-bond acceptors (Lipinski definition) is 2. The molecule has 2 aromatic carbocycles. The summed E-state index contributed by atoms with van der Waals surface area (Å²) in [6.45, 7) is 0. The van der Waals surface area contributed by atoms with Gasteiger partial charge in [-0.3, -0.25) is 0 Å². The van der Waals surface area contributed by atoms with E-state index in [9.17, 15) is 0 Å². The Kier molecular flexibility index (Phi) is 5.85. The maximum atomic E-state index is 6.33. The van der Waals surface area contributed by atoms with Crippen molar-refractivity contribution in [1.82, 2.24) is 0 Å². The quantitative estimate of drug-likeness (QED) is 0.559. The van der Waals surface area contributed by atoms with E-state index < -0.39 is 0 Å². The van der Waals surface area contributed by atoms with Gasteiger partial charge in [-0.15, -0.1) is 0 Å². The second-order valence-electron chi connectivity index (χ2n) is 4.38. The Morgan fingerprint density at radius 2 is 1.00 bits per heavy atom. The Hall–Kier alpha value is 0.280. The van der Waals surface area contributed by atoms with Crippen LogP contribution in [0, 0.1) is 0 Å². The molecule has 0 saturated heterocycles. The number of benzene rings is 2. The molecule has 0 spiro atoms. The lowest BCUT2D eigenvalue weighted by Crippen LogP contribution is -2.27. The van der Waals surface area contributed by atoms with Crippen LogP contribution in [0.4, 0.5) is 0 Å². The molecule has 106 valence electrons. The Bertz CT molecular complexity index is 575. The predicted octanol–water partition coefficient (Wildman–Crippen LogP) is 5.44. The first-order valence-corrected chi connectivity index (χ1v) is 8.98. The van der Waals surface area contributed by atoms with Crippen molar-refractivity contribution in [2.45, 2.75) is 12.1 Å². The molecule has 0 heterocycles. The minimum atomic E-state index is -0.296. The summed E-state index contributed by atoms with van der Waals surface area (Å²) in [6, 6.07) is 11.2. The highest BCUT2D eigenvalue weighted by molar-refractivity contribution is 9.11. The molecule has 0 aliphatic carbocycles. The van der Waals surface area contributed by atoms with Gasteiger partial charge in [0.2, 0.25) is 0 Å². The lowest BCUT2D eigenvalue weighted by atomic mass is 9.95. The molecule has 2 unspecified atom stereocenters. The van der Waals surface area contributed by atoms with E-state index in [1.807, 2.05) is 36.4 Å². The smallest absolute Gasteiger partial charge is 0.0502 e. The SMILES string of the molecule is NC(c1ccc(Br)cc1Br)C(N)c1ccc(Br)cc1Br. The molecular formula is C14H12Br4N2. The minimum Gasteiger partial charge on any atom is -0.322 e. The van der Waals surface area contributed by atoms with Crippen molar-refractivity contribution < 1.29 is 0 Å². The lowest BCUT2D eigenvalue weighted by molar-refractivity contribution is 0.570. The number of halogens is 4. The molecule has 6 heteroatoms. The average Bonchev–Trinajstić information content (AvgIpc) is 2.37. The van der Waals surface area contributed by atoms with Gasteiger partial charge < -0.3 is 11.5 Å². The standard InChI is InChI=1S/C14H12Br4N2/c15-7-1-3-9(11(17)5-7)13(19)14(20)10-4-2-8(16)6-12(10)18/h1-6,13-14H,19-20H2. The van der Waals surface area contributed by atoms with Crippen molar-refractivity contribution in [2.24, 2.45) is 11.5 Å². The number of hydrogen-bond donors (Lipinski definition) is 2. The molecule has 2 atom stereocenters. The van der Waals surface area contributed by atoms with Gasteiger partial charge in [-0.05, 0) is 35.4 Å². The van der Waals surface area contributed by atoms with E-state index in [1.165, 1.54) is 0 Å². The Morgan fingerprint density at radius 3 is 1.30 bits per heavy atom. The van der Waals surface area contributed by atoms with Crippen molar-refractivity contribution in [2.75, 3.05) is 0 Å². The third-order valence-corrected chi connectivity index (χ3v) is 5.39. The largest absolute Gasteiger partial charge is 0.322 e. The predicted molar refractivity (Wildman–Crippen MR) is 97.5 cm³/mol. The van der Waals surface area contributed by atoms with Crippen molar-refractivity contribution in [3.05, 3.63) is 65.4 Å². The van der Waals surface area contributed by atoms with Crippen LogP contribution in [0.25, 0.3) is 0 Å². The molecule has 0 amide bonds. The summed E-state index contributed by atoms with van der Waals surface area (Å²) in [5.41, 5.74) is 14.6. The summed E-state index contributed by atoms with van der Waals surface area (Å²) in [7, 11) is 0. The van der Waals surface area contributed by atoms with Crippen molar-refractivity contribution in [3.8, 4) is 0 Å². The van der Waals surface area contributed by atoms with Gasteiger partial charge in [0, 0.05) is 17.9 Å². The van der Waals surface area contributed by atoms with E-state index in [4.69, 9.17) is 11.5 Å². The van der Waals surface area contributed by atoms with Gasteiger partial charge in [0.1, 0.15) is 0 Å². The zero-order valence-corrected chi connectivity index (χ0v) is 16.6. The summed E-state index contributed by atoms with van der Waals surface area (Å²) in [4.78, 5) is 0. The molecule has 0 radical (unpaired) electrons. The molecule has 0 bridgehead atoms. The fourth-order valence-electron chi connectivity index (χ4n) is 1.93. The molecule has 4 N–H and O–H groups in total. The molecule has 2 rings (SSSR count). The van der Waals surface area contributed by atoms with Gasteiger partial charge in [-0.25, -0.2) is 0 Å². The summed E-state index contributed by atoms with van der Waals surface area (Å²) in [5.74, 6) is 0. The van der Waals surface area contributed by atoms with Gasteiger partial charge in [-0.2, -0.15) is 0 Å². The zero-order chi connectivity index (χ0) is 14.9. The third kappa shape index (κ3) is 3.72. The van der Waals surface area contributed by atoms with Crippen molar-refractivity contribution in [3.63, 3.8) is 0 Å². The first-order chi connectivity index (χ1) is 9.40. The molecular weight excluding hydrogens is 516 g/mol. The Balaban J connectivity index is 2.34. The summed E-state index contributed by atoms with van der Waals surface area (Å²) in [6.07, 6.45) is 0. The molecule has 2 aromatic rings. The van der Waals surface area contributed by atoms with Gasteiger partial charge in [0.25, 0.3) is 0 Å². The van der Waals surface area contributed by atoms with E-state index >= 15 is 0 Å². The summed E-state index contributed by atoms with van der Waals surface area (Å²) >= 11 is 13.9. The van der Waals surface area contributed by atoms with Gasteiger partial charge in [0.05, 0.1) is 12.1 Å². The van der Waals surface area contributed by atoms with Crippen LogP contribution >= 0.6 is 63.7 Å². The maximum Gasteiger partial charge on any atom is 0.0502 e. The highest BCUT2D eigenvalue weighted by Crippen LogP contribution is 2.35. The van der Waals surface area contributed by atoms with Crippen molar-refractivity contribution in [1.29, 1.82) is 0 Å². The molecule has 0 aromatic heterocycles. The van der Waals surface area contributed by atoms with Crippen LogP contribution in [0.2, 0.25) is 0 Å². The van der Waals surface area contributed by atoms with Crippen molar-refractivity contribution >= 4 is 63.7 Å². The molecule has 20 heavy (non-hydrogen) atoms. The highest BCUT2D eigenvalue weighted by atomic mass is 79.9. The van der Waals surface area contributed by atoms with E-state index in [0.717, 1.165) is 29.0 Å². The molecule has 2 nitrogen and oxygen atoms in total. The number of rotatable bonds is 3. The molecule has 0 aliphatic heterocycles. The van der Waals surface area contributed by atoms with Crippen LogP contribution in [0.15, 0.2) is 54.3 Å². The molecule has 0 fully saturated rings. The second kappa shape index (κ2) is 7.03. The fourth-order valence-corrected chi connectivity index (χ4v) is 4.55. The van der Waals surface area contributed by atoms with Crippen LogP contribution in [0.3, 0.4) is 0 Å². The van der Waals surface area contributed by atoms with Gasteiger partial charge >= 0.3 is 0 Å². The van der Waals surface area contributed by atoms with E-state index in [1.54, 1.807) is 0 Å². The van der Waals surface area contributed by atoms with Gasteiger partial charge in [0.15, 0.2) is 0 Å². The summed E-state index contributed by atoms with van der Waals surface area (Å²) in [5, 5.41) is 0. The number of nitrogens with two attached hydrogens (primary N) is 2. The topological polar surface area (TPSA) is 52.0 Å². The van der Waals surface area contributed by atoms with Crippen LogP contribution in [-0.2, 0) is 0 Å². The Morgan fingerprint density at radius 1 is 0.650 bits per heavy atom. The first-order valence-electron chi connectivity index (χ1n) is 5.81. The zero-order valence-electron chi connectivity index (χ0n) is 10.3. The Labute approximate surface area is 151 Å². The fraction of sp³-hybridized carbons (Fsp3) is 0.143. The van der Waals surface area contributed by atoms with E-state index in [2.05, 4.69) is 63.7 Å². The third-order valence-electron chi connectivity index (χ3n) is 3.03. The average molecular weight is 528 g/mol. The molecule has 0 saturated carbocycles. The van der Waals surface area contributed by atoms with E-state index in [0.29, 0.717) is 0 Å².